The predicted molar refractivity (Wildman–Crippen MR) is 92.7 cm³/mol. The van der Waals surface area contributed by atoms with Gasteiger partial charge in [-0.1, -0.05) is 30.3 Å². The number of carbonyl (C=O) groups excluding carboxylic acids is 1. The van der Waals surface area contributed by atoms with Gasteiger partial charge in [0.1, 0.15) is 0 Å². The van der Waals surface area contributed by atoms with E-state index < -0.39 is 11.7 Å². The first-order valence-corrected chi connectivity index (χ1v) is 8.25. The van der Waals surface area contributed by atoms with Crippen molar-refractivity contribution in [3.8, 4) is 0 Å². The Morgan fingerprint density at radius 3 is 2.50 bits per heavy atom. The molecule has 1 amide bonds. The maximum Gasteiger partial charge on any atom is 0.416 e. The van der Waals surface area contributed by atoms with E-state index in [0.29, 0.717) is 12.1 Å². The van der Waals surface area contributed by atoms with Crippen LogP contribution in [0.3, 0.4) is 0 Å². The molecule has 0 aliphatic heterocycles. The summed E-state index contributed by atoms with van der Waals surface area (Å²) in [5.41, 5.74) is 1.44. The molecular formula is C20H15F3N2O. The van der Waals surface area contributed by atoms with Crippen molar-refractivity contribution in [2.45, 2.75) is 18.5 Å². The Morgan fingerprint density at radius 2 is 1.77 bits per heavy atom. The molecule has 1 aliphatic carbocycles. The number of alkyl halides is 3. The molecule has 2 atom stereocenters. The van der Waals surface area contributed by atoms with E-state index in [-0.39, 0.29) is 17.7 Å². The summed E-state index contributed by atoms with van der Waals surface area (Å²) in [5, 5.41) is 3.83. The summed E-state index contributed by atoms with van der Waals surface area (Å²) >= 11 is 0. The number of hydrogen-bond donors (Lipinski definition) is 1. The zero-order valence-electron chi connectivity index (χ0n) is 13.6. The fourth-order valence-electron chi connectivity index (χ4n) is 3.20. The van der Waals surface area contributed by atoms with Gasteiger partial charge in [-0.3, -0.25) is 9.78 Å². The second-order valence-corrected chi connectivity index (χ2v) is 6.44. The van der Waals surface area contributed by atoms with Gasteiger partial charge in [-0.2, -0.15) is 13.2 Å². The van der Waals surface area contributed by atoms with Crippen LogP contribution in [0, 0.1) is 5.92 Å². The number of para-hydroxylation sites is 1. The van der Waals surface area contributed by atoms with Crippen molar-refractivity contribution in [1.82, 2.24) is 4.98 Å². The molecular weight excluding hydrogens is 341 g/mol. The molecule has 1 aromatic heterocycles. The number of hydrogen-bond acceptors (Lipinski definition) is 2. The van der Waals surface area contributed by atoms with Crippen LogP contribution in [0.1, 0.15) is 23.5 Å². The molecule has 2 unspecified atom stereocenters. The molecule has 1 heterocycles. The number of aromatic nitrogens is 1. The number of rotatable bonds is 3. The number of carbonyl (C=O) groups is 1. The predicted octanol–water partition coefficient (Wildman–Crippen LogP) is 5.00. The molecule has 1 N–H and O–H groups in total. The monoisotopic (exact) mass is 356 g/mol. The molecule has 6 heteroatoms. The zero-order chi connectivity index (χ0) is 18.3. The van der Waals surface area contributed by atoms with Crippen LogP contribution >= 0.6 is 0 Å². The van der Waals surface area contributed by atoms with Gasteiger partial charge in [0.25, 0.3) is 0 Å². The van der Waals surface area contributed by atoms with Crippen molar-refractivity contribution in [1.29, 1.82) is 0 Å². The minimum absolute atomic E-state index is 0.0415. The van der Waals surface area contributed by atoms with Crippen LogP contribution in [0.5, 0.6) is 0 Å². The highest BCUT2D eigenvalue weighted by Crippen LogP contribution is 2.48. The summed E-state index contributed by atoms with van der Waals surface area (Å²) in [6.07, 6.45) is -2.05. The van der Waals surface area contributed by atoms with Crippen LogP contribution in [-0.4, -0.2) is 10.9 Å². The van der Waals surface area contributed by atoms with Crippen LogP contribution in [0.2, 0.25) is 0 Å². The molecule has 26 heavy (non-hydrogen) atoms. The zero-order valence-corrected chi connectivity index (χ0v) is 13.6. The lowest BCUT2D eigenvalue weighted by Crippen LogP contribution is -2.15. The maximum absolute atomic E-state index is 12.6. The van der Waals surface area contributed by atoms with E-state index >= 15 is 0 Å². The van der Waals surface area contributed by atoms with Gasteiger partial charge in [-0.25, -0.2) is 0 Å². The maximum atomic E-state index is 12.6. The van der Waals surface area contributed by atoms with Crippen LogP contribution in [0.15, 0.2) is 60.8 Å². The number of halogens is 3. The van der Waals surface area contributed by atoms with E-state index in [1.165, 1.54) is 12.1 Å². The molecule has 4 rings (SSSR count). The van der Waals surface area contributed by atoms with Crippen LogP contribution in [-0.2, 0) is 11.0 Å². The summed E-state index contributed by atoms with van der Waals surface area (Å²) in [4.78, 5) is 16.8. The lowest BCUT2D eigenvalue weighted by atomic mass is 10.1. The van der Waals surface area contributed by atoms with Crippen molar-refractivity contribution >= 4 is 22.5 Å². The number of nitrogens with zero attached hydrogens (tertiary/aromatic N) is 1. The third-order valence-corrected chi connectivity index (χ3v) is 4.68. The number of pyridine rings is 1. The normalized spacial score (nSPS) is 19.3. The molecule has 0 spiro atoms. The summed E-state index contributed by atoms with van der Waals surface area (Å²) < 4.78 is 37.9. The number of benzene rings is 2. The van der Waals surface area contributed by atoms with E-state index in [1.54, 1.807) is 12.3 Å². The Balaban J connectivity index is 1.47. The standard InChI is InChI=1S/C20H15F3N2O/c21-20(22,23)14-8-6-12(7-9-14)15-11-16(15)19(26)25-17-5-1-3-13-4-2-10-24-18(13)17/h1-10,15-16H,11H2,(H,25,26). The van der Waals surface area contributed by atoms with Crippen LogP contribution in [0.4, 0.5) is 18.9 Å². The van der Waals surface area contributed by atoms with Crippen LogP contribution in [0.25, 0.3) is 10.9 Å². The van der Waals surface area contributed by atoms with Gasteiger partial charge in [0.05, 0.1) is 16.8 Å². The minimum atomic E-state index is -4.35. The molecule has 0 saturated heterocycles. The van der Waals surface area contributed by atoms with Gasteiger partial charge in [0.15, 0.2) is 0 Å². The molecule has 2 aromatic carbocycles. The van der Waals surface area contributed by atoms with E-state index in [2.05, 4.69) is 10.3 Å². The van der Waals surface area contributed by atoms with Gasteiger partial charge >= 0.3 is 6.18 Å². The SMILES string of the molecule is O=C(Nc1cccc2cccnc12)C1CC1c1ccc(C(F)(F)F)cc1. The Kier molecular flexibility index (Phi) is 3.90. The van der Waals surface area contributed by atoms with Gasteiger partial charge in [0, 0.05) is 17.5 Å². The molecule has 3 aromatic rings. The van der Waals surface area contributed by atoms with Crippen molar-refractivity contribution in [3.63, 3.8) is 0 Å². The van der Waals surface area contributed by atoms with Gasteiger partial charge in [0.2, 0.25) is 5.91 Å². The highest BCUT2D eigenvalue weighted by atomic mass is 19.4. The average molecular weight is 356 g/mol. The third kappa shape index (κ3) is 3.14. The average Bonchev–Trinajstić information content (AvgIpc) is 3.42. The third-order valence-electron chi connectivity index (χ3n) is 4.68. The lowest BCUT2D eigenvalue weighted by molar-refractivity contribution is -0.137. The minimum Gasteiger partial charge on any atom is -0.324 e. The first-order chi connectivity index (χ1) is 12.4. The first-order valence-electron chi connectivity index (χ1n) is 8.25. The Bertz CT molecular complexity index is 961. The quantitative estimate of drug-likeness (QED) is 0.718. The van der Waals surface area contributed by atoms with E-state index in [0.717, 1.165) is 28.6 Å². The molecule has 3 nitrogen and oxygen atoms in total. The van der Waals surface area contributed by atoms with E-state index in [9.17, 15) is 18.0 Å². The van der Waals surface area contributed by atoms with Gasteiger partial charge < -0.3 is 5.32 Å². The van der Waals surface area contributed by atoms with E-state index in [4.69, 9.17) is 0 Å². The number of nitrogens with one attached hydrogen (secondary N) is 1. The number of amides is 1. The van der Waals surface area contributed by atoms with E-state index in [1.807, 2.05) is 24.3 Å². The first kappa shape index (κ1) is 16.6. The Labute approximate surface area is 147 Å². The lowest BCUT2D eigenvalue weighted by Gasteiger charge is -2.09. The smallest absolute Gasteiger partial charge is 0.324 e. The second-order valence-electron chi connectivity index (χ2n) is 6.44. The number of fused-ring (bicyclic) bond motifs is 1. The fourth-order valence-corrected chi connectivity index (χ4v) is 3.20. The molecule has 0 radical (unpaired) electrons. The van der Waals surface area contributed by atoms with Gasteiger partial charge in [-0.15, -0.1) is 0 Å². The summed E-state index contributed by atoms with van der Waals surface area (Å²) in [7, 11) is 0. The Morgan fingerprint density at radius 1 is 1.04 bits per heavy atom. The van der Waals surface area contributed by atoms with Crippen molar-refractivity contribution < 1.29 is 18.0 Å². The topological polar surface area (TPSA) is 42.0 Å². The summed E-state index contributed by atoms with van der Waals surface area (Å²) in [6, 6.07) is 14.4. The molecule has 1 aliphatic rings. The summed E-state index contributed by atoms with van der Waals surface area (Å²) in [6.45, 7) is 0. The van der Waals surface area contributed by atoms with Crippen molar-refractivity contribution in [2.24, 2.45) is 5.92 Å². The highest BCUT2D eigenvalue weighted by Gasteiger charge is 2.44. The molecule has 1 fully saturated rings. The summed E-state index contributed by atoms with van der Waals surface area (Å²) in [5.74, 6) is -0.404. The largest absolute Gasteiger partial charge is 0.416 e. The Hall–Kier alpha value is -2.89. The number of anilines is 1. The second kappa shape index (κ2) is 6.12. The van der Waals surface area contributed by atoms with Crippen LogP contribution < -0.4 is 5.32 Å². The highest BCUT2D eigenvalue weighted by molar-refractivity contribution is 6.02. The fraction of sp³-hybridized carbons (Fsp3) is 0.200. The van der Waals surface area contributed by atoms with Gasteiger partial charge in [-0.05, 0) is 42.2 Å². The van der Waals surface area contributed by atoms with Crippen molar-refractivity contribution in [3.05, 3.63) is 71.9 Å². The molecule has 1 saturated carbocycles. The van der Waals surface area contributed by atoms with Crippen molar-refractivity contribution in [2.75, 3.05) is 5.32 Å². The molecule has 132 valence electrons. The molecule has 0 bridgehead atoms.